The van der Waals surface area contributed by atoms with Crippen LogP contribution in [-0.4, -0.2) is 9.91 Å². The standard InChI is InChI=1S/C21H14N2O2S/c24-23(25)18-13-11-17(12-14-18)21-22-19(15-7-3-1-4-8-15)20(26-21)16-9-5-2-6-10-16/h1-14H. The van der Waals surface area contributed by atoms with E-state index in [0.717, 1.165) is 32.3 Å². The van der Waals surface area contributed by atoms with Crippen molar-refractivity contribution in [3.8, 4) is 32.3 Å². The summed E-state index contributed by atoms with van der Waals surface area (Å²) in [5, 5.41) is 11.7. The molecule has 0 aliphatic heterocycles. The maximum atomic E-state index is 10.9. The van der Waals surface area contributed by atoms with Crippen molar-refractivity contribution >= 4 is 17.0 Å². The topological polar surface area (TPSA) is 56.0 Å². The van der Waals surface area contributed by atoms with E-state index < -0.39 is 4.92 Å². The number of thiazole rings is 1. The molecule has 0 unspecified atom stereocenters. The molecular formula is C21H14N2O2S. The van der Waals surface area contributed by atoms with Gasteiger partial charge in [-0.2, -0.15) is 0 Å². The number of aromatic nitrogens is 1. The third-order valence-corrected chi connectivity index (χ3v) is 5.19. The summed E-state index contributed by atoms with van der Waals surface area (Å²) >= 11 is 1.59. The highest BCUT2D eigenvalue weighted by Crippen LogP contribution is 2.40. The van der Waals surface area contributed by atoms with Crippen molar-refractivity contribution < 1.29 is 4.92 Å². The third kappa shape index (κ3) is 3.12. The van der Waals surface area contributed by atoms with Gasteiger partial charge in [0.05, 0.1) is 15.5 Å². The molecule has 0 fully saturated rings. The van der Waals surface area contributed by atoms with Crippen LogP contribution in [0.3, 0.4) is 0 Å². The van der Waals surface area contributed by atoms with Gasteiger partial charge in [0.15, 0.2) is 0 Å². The molecule has 1 heterocycles. The molecule has 26 heavy (non-hydrogen) atoms. The van der Waals surface area contributed by atoms with E-state index in [2.05, 4.69) is 12.1 Å². The number of hydrogen-bond donors (Lipinski definition) is 0. The highest BCUT2D eigenvalue weighted by Gasteiger charge is 2.16. The average Bonchev–Trinajstić information content (AvgIpc) is 3.15. The molecule has 0 N–H and O–H groups in total. The monoisotopic (exact) mass is 358 g/mol. The smallest absolute Gasteiger partial charge is 0.258 e. The fourth-order valence-electron chi connectivity index (χ4n) is 2.75. The van der Waals surface area contributed by atoms with Gasteiger partial charge in [-0.05, 0) is 17.7 Å². The molecule has 4 rings (SSSR count). The van der Waals surface area contributed by atoms with Crippen LogP contribution in [0.5, 0.6) is 0 Å². The quantitative estimate of drug-likeness (QED) is 0.329. The van der Waals surface area contributed by atoms with Gasteiger partial charge in [0.25, 0.3) is 5.69 Å². The zero-order valence-corrected chi connectivity index (χ0v) is 14.5. The molecule has 0 spiro atoms. The minimum atomic E-state index is -0.392. The molecule has 0 aliphatic rings. The molecule has 0 saturated heterocycles. The van der Waals surface area contributed by atoms with Gasteiger partial charge in [-0.3, -0.25) is 10.1 Å². The molecule has 0 amide bonds. The largest absolute Gasteiger partial charge is 0.269 e. The van der Waals surface area contributed by atoms with Gasteiger partial charge in [0.1, 0.15) is 5.01 Å². The normalized spacial score (nSPS) is 10.6. The second-order valence-electron chi connectivity index (χ2n) is 5.73. The van der Waals surface area contributed by atoms with E-state index in [9.17, 15) is 10.1 Å². The van der Waals surface area contributed by atoms with Crippen LogP contribution in [0.25, 0.3) is 32.3 Å². The first-order valence-corrected chi connectivity index (χ1v) is 8.90. The maximum absolute atomic E-state index is 10.9. The first-order valence-electron chi connectivity index (χ1n) is 8.09. The van der Waals surface area contributed by atoms with Gasteiger partial charge in [0.2, 0.25) is 0 Å². The summed E-state index contributed by atoms with van der Waals surface area (Å²) in [6, 6.07) is 26.7. The van der Waals surface area contributed by atoms with Gasteiger partial charge >= 0.3 is 0 Å². The van der Waals surface area contributed by atoms with Gasteiger partial charge in [-0.25, -0.2) is 4.98 Å². The molecule has 0 atom stereocenters. The molecule has 4 aromatic rings. The number of non-ortho nitro benzene ring substituents is 1. The Morgan fingerprint density at radius 3 is 1.88 bits per heavy atom. The van der Waals surface area contributed by atoms with Crippen molar-refractivity contribution in [1.82, 2.24) is 4.98 Å². The Kier molecular flexibility index (Phi) is 4.29. The number of benzene rings is 3. The average molecular weight is 358 g/mol. The van der Waals surface area contributed by atoms with E-state index in [0.29, 0.717) is 0 Å². The zero-order valence-electron chi connectivity index (χ0n) is 13.7. The zero-order chi connectivity index (χ0) is 17.9. The van der Waals surface area contributed by atoms with Crippen LogP contribution in [0.2, 0.25) is 0 Å². The maximum Gasteiger partial charge on any atom is 0.269 e. The highest BCUT2D eigenvalue weighted by atomic mass is 32.1. The van der Waals surface area contributed by atoms with Crippen LogP contribution in [0, 0.1) is 10.1 Å². The Hall–Kier alpha value is -3.31. The predicted molar refractivity (Wildman–Crippen MR) is 105 cm³/mol. The summed E-state index contributed by atoms with van der Waals surface area (Å²) in [6.07, 6.45) is 0. The van der Waals surface area contributed by atoms with Crippen LogP contribution in [0.4, 0.5) is 5.69 Å². The second kappa shape index (κ2) is 6.90. The molecule has 4 nitrogen and oxygen atoms in total. The van der Waals surface area contributed by atoms with Crippen LogP contribution in [0.1, 0.15) is 0 Å². The fourth-order valence-corrected chi connectivity index (χ4v) is 3.84. The Bertz CT molecular complexity index is 986. The van der Waals surface area contributed by atoms with Crippen molar-refractivity contribution in [2.24, 2.45) is 0 Å². The molecular weight excluding hydrogens is 344 g/mol. The third-order valence-electron chi connectivity index (χ3n) is 4.04. The second-order valence-corrected chi connectivity index (χ2v) is 6.73. The molecule has 0 aliphatic carbocycles. The van der Waals surface area contributed by atoms with E-state index in [1.165, 1.54) is 12.1 Å². The molecule has 1 aromatic heterocycles. The Morgan fingerprint density at radius 1 is 0.731 bits per heavy atom. The predicted octanol–water partition coefficient (Wildman–Crippen LogP) is 6.05. The number of nitrogens with zero attached hydrogens (tertiary/aromatic N) is 2. The van der Waals surface area contributed by atoms with Crippen molar-refractivity contribution in [1.29, 1.82) is 0 Å². The van der Waals surface area contributed by atoms with Gasteiger partial charge < -0.3 is 0 Å². The number of hydrogen-bond acceptors (Lipinski definition) is 4. The summed E-state index contributed by atoms with van der Waals surface area (Å²) in [5.41, 5.74) is 4.04. The fraction of sp³-hybridized carbons (Fsp3) is 0. The number of nitro groups is 1. The number of nitro benzene ring substituents is 1. The van der Waals surface area contributed by atoms with Crippen LogP contribution in [0.15, 0.2) is 84.9 Å². The van der Waals surface area contributed by atoms with Crippen LogP contribution < -0.4 is 0 Å². The molecule has 0 radical (unpaired) electrons. The molecule has 126 valence electrons. The lowest BCUT2D eigenvalue weighted by Gasteiger charge is -2.02. The summed E-state index contributed by atoms with van der Waals surface area (Å²) in [5.74, 6) is 0. The van der Waals surface area contributed by atoms with Crippen molar-refractivity contribution in [2.45, 2.75) is 0 Å². The van der Waals surface area contributed by atoms with E-state index in [1.54, 1.807) is 23.5 Å². The lowest BCUT2D eigenvalue weighted by atomic mass is 10.1. The van der Waals surface area contributed by atoms with Crippen molar-refractivity contribution in [3.63, 3.8) is 0 Å². The van der Waals surface area contributed by atoms with Crippen LogP contribution in [-0.2, 0) is 0 Å². The van der Waals surface area contributed by atoms with Crippen LogP contribution >= 0.6 is 11.3 Å². The lowest BCUT2D eigenvalue weighted by molar-refractivity contribution is -0.384. The van der Waals surface area contributed by atoms with Crippen molar-refractivity contribution in [2.75, 3.05) is 0 Å². The van der Waals surface area contributed by atoms with Crippen molar-refractivity contribution in [3.05, 3.63) is 95.0 Å². The Balaban J connectivity index is 1.85. The van der Waals surface area contributed by atoms with E-state index in [4.69, 9.17) is 4.98 Å². The molecule has 5 heteroatoms. The first kappa shape index (κ1) is 16.2. The SMILES string of the molecule is O=[N+]([O-])c1ccc(-c2nc(-c3ccccc3)c(-c3ccccc3)s2)cc1. The van der Waals surface area contributed by atoms with Gasteiger partial charge in [-0.1, -0.05) is 60.7 Å². The molecule has 0 saturated carbocycles. The lowest BCUT2D eigenvalue weighted by Crippen LogP contribution is -1.87. The summed E-state index contributed by atoms with van der Waals surface area (Å²) in [7, 11) is 0. The molecule has 0 bridgehead atoms. The number of rotatable bonds is 4. The summed E-state index contributed by atoms with van der Waals surface area (Å²) < 4.78 is 0. The Labute approximate surface area is 154 Å². The summed E-state index contributed by atoms with van der Waals surface area (Å²) in [6.45, 7) is 0. The Morgan fingerprint density at radius 2 is 1.31 bits per heavy atom. The minimum absolute atomic E-state index is 0.0804. The first-order chi connectivity index (χ1) is 12.7. The summed E-state index contributed by atoms with van der Waals surface area (Å²) in [4.78, 5) is 16.4. The van der Waals surface area contributed by atoms with E-state index in [-0.39, 0.29) is 5.69 Å². The van der Waals surface area contributed by atoms with Gasteiger partial charge in [-0.15, -0.1) is 11.3 Å². The van der Waals surface area contributed by atoms with E-state index >= 15 is 0 Å². The van der Waals surface area contributed by atoms with Gasteiger partial charge in [0, 0.05) is 23.3 Å². The highest BCUT2D eigenvalue weighted by molar-refractivity contribution is 7.19. The minimum Gasteiger partial charge on any atom is -0.258 e. The van der Waals surface area contributed by atoms with E-state index in [1.807, 2.05) is 48.5 Å². The molecule has 3 aromatic carbocycles.